The Morgan fingerprint density at radius 2 is 2.17 bits per heavy atom. The first-order valence-electron chi connectivity index (χ1n) is 8.28. The molecule has 0 aliphatic carbocycles. The molecule has 1 atom stereocenters. The maximum atomic E-state index is 13.0. The number of hydrogen-bond donors (Lipinski definition) is 1. The van der Waals surface area contributed by atoms with Crippen molar-refractivity contribution in [2.75, 3.05) is 18.4 Å². The van der Waals surface area contributed by atoms with Crippen LogP contribution in [0.3, 0.4) is 0 Å². The highest BCUT2D eigenvalue weighted by molar-refractivity contribution is 5.88. The summed E-state index contributed by atoms with van der Waals surface area (Å²) < 4.78 is 18.1. The second-order valence-electron chi connectivity index (χ2n) is 6.63. The lowest BCUT2D eigenvalue weighted by Crippen LogP contribution is -2.33. The molecular weight excluding hydrogens is 309 g/mol. The largest absolute Gasteiger partial charge is 0.359 e. The smallest absolute Gasteiger partial charge is 0.323 e. The van der Waals surface area contributed by atoms with Gasteiger partial charge in [0.15, 0.2) is 5.82 Å². The van der Waals surface area contributed by atoms with Crippen LogP contribution in [0.15, 0.2) is 34.9 Å². The molecule has 1 aromatic heterocycles. The molecule has 0 spiro atoms. The first kappa shape index (κ1) is 16.5. The highest BCUT2D eigenvalue weighted by Crippen LogP contribution is 2.23. The monoisotopic (exact) mass is 331 g/mol. The van der Waals surface area contributed by atoms with Crippen molar-refractivity contribution in [3.05, 3.63) is 47.5 Å². The number of rotatable bonds is 4. The standard InChI is InChI=1S/C18H22FN3O2/c1-12(2)16-10-17(21-24-16)20-18(23)22-8-7-14(11-22)9-13-3-5-15(19)6-4-13/h3-6,10,12,14H,7-9,11H2,1-2H3,(H,20,21,23). The molecule has 0 bridgehead atoms. The van der Waals surface area contributed by atoms with E-state index in [1.807, 2.05) is 13.8 Å². The van der Waals surface area contributed by atoms with Gasteiger partial charge in [-0.3, -0.25) is 5.32 Å². The van der Waals surface area contributed by atoms with Crippen molar-refractivity contribution in [3.8, 4) is 0 Å². The van der Waals surface area contributed by atoms with E-state index in [9.17, 15) is 9.18 Å². The van der Waals surface area contributed by atoms with Crippen LogP contribution in [-0.4, -0.2) is 29.2 Å². The summed E-state index contributed by atoms with van der Waals surface area (Å²) in [6, 6.07) is 8.17. The van der Waals surface area contributed by atoms with Crippen molar-refractivity contribution in [1.82, 2.24) is 10.1 Å². The fourth-order valence-electron chi connectivity index (χ4n) is 2.95. The molecule has 2 amide bonds. The third-order valence-corrected chi connectivity index (χ3v) is 4.34. The Bertz CT molecular complexity index is 697. The number of carbonyl (C=O) groups excluding carboxylic acids is 1. The van der Waals surface area contributed by atoms with Gasteiger partial charge in [0.05, 0.1) is 0 Å². The van der Waals surface area contributed by atoms with Crippen LogP contribution in [0.2, 0.25) is 0 Å². The molecule has 0 saturated carbocycles. The summed E-state index contributed by atoms with van der Waals surface area (Å²) >= 11 is 0. The maximum absolute atomic E-state index is 13.0. The number of carbonyl (C=O) groups is 1. The normalized spacial score (nSPS) is 17.5. The van der Waals surface area contributed by atoms with E-state index in [1.54, 1.807) is 23.1 Å². The minimum Gasteiger partial charge on any atom is -0.359 e. The Kier molecular flexibility index (Phi) is 4.83. The number of amides is 2. The van der Waals surface area contributed by atoms with E-state index in [0.29, 0.717) is 24.8 Å². The van der Waals surface area contributed by atoms with Gasteiger partial charge < -0.3 is 9.42 Å². The third-order valence-electron chi connectivity index (χ3n) is 4.34. The van der Waals surface area contributed by atoms with Gasteiger partial charge in [-0.05, 0) is 36.5 Å². The van der Waals surface area contributed by atoms with Gasteiger partial charge >= 0.3 is 6.03 Å². The van der Waals surface area contributed by atoms with Gasteiger partial charge in [0.1, 0.15) is 11.6 Å². The van der Waals surface area contributed by atoms with Crippen molar-refractivity contribution in [3.63, 3.8) is 0 Å². The van der Waals surface area contributed by atoms with Gasteiger partial charge in [0.25, 0.3) is 0 Å². The zero-order chi connectivity index (χ0) is 17.1. The Labute approximate surface area is 140 Å². The molecule has 2 heterocycles. The Morgan fingerprint density at radius 3 is 2.83 bits per heavy atom. The van der Waals surface area contributed by atoms with Crippen molar-refractivity contribution in [1.29, 1.82) is 0 Å². The van der Waals surface area contributed by atoms with Gasteiger partial charge in [-0.2, -0.15) is 0 Å². The van der Waals surface area contributed by atoms with E-state index in [2.05, 4.69) is 10.5 Å². The fourth-order valence-corrected chi connectivity index (χ4v) is 2.95. The molecule has 1 N–H and O–H groups in total. The lowest BCUT2D eigenvalue weighted by molar-refractivity contribution is 0.220. The SMILES string of the molecule is CC(C)c1cc(NC(=O)N2CCC(Cc3ccc(F)cc3)C2)no1. The number of urea groups is 1. The molecule has 1 aliphatic rings. The molecule has 24 heavy (non-hydrogen) atoms. The van der Waals surface area contributed by atoms with E-state index in [0.717, 1.165) is 24.2 Å². The van der Waals surface area contributed by atoms with E-state index < -0.39 is 0 Å². The van der Waals surface area contributed by atoms with Crippen molar-refractivity contribution in [2.24, 2.45) is 5.92 Å². The van der Waals surface area contributed by atoms with Crippen molar-refractivity contribution >= 4 is 11.8 Å². The zero-order valence-electron chi connectivity index (χ0n) is 14.0. The van der Waals surface area contributed by atoms with E-state index in [-0.39, 0.29) is 17.8 Å². The van der Waals surface area contributed by atoms with Gasteiger partial charge in [0, 0.05) is 25.1 Å². The molecule has 3 rings (SSSR count). The minimum absolute atomic E-state index is 0.153. The van der Waals surface area contributed by atoms with Crippen LogP contribution in [0.4, 0.5) is 15.0 Å². The molecule has 6 heteroatoms. The Morgan fingerprint density at radius 1 is 1.42 bits per heavy atom. The van der Waals surface area contributed by atoms with Crippen LogP contribution >= 0.6 is 0 Å². The van der Waals surface area contributed by atoms with Crippen LogP contribution in [0.1, 0.15) is 37.5 Å². The molecule has 1 aliphatic heterocycles. The average Bonchev–Trinajstić information content (AvgIpc) is 3.19. The van der Waals surface area contributed by atoms with Gasteiger partial charge in [0.2, 0.25) is 0 Å². The average molecular weight is 331 g/mol. The summed E-state index contributed by atoms with van der Waals surface area (Å²) in [6.07, 6.45) is 1.80. The molecule has 1 unspecified atom stereocenters. The number of anilines is 1. The Hall–Kier alpha value is -2.37. The number of likely N-dealkylation sites (tertiary alicyclic amines) is 1. The quantitative estimate of drug-likeness (QED) is 0.920. The fraction of sp³-hybridized carbons (Fsp3) is 0.444. The van der Waals surface area contributed by atoms with E-state index in [1.165, 1.54) is 12.1 Å². The molecule has 2 aromatic rings. The number of hydrogen-bond acceptors (Lipinski definition) is 3. The summed E-state index contributed by atoms with van der Waals surface area (Å²) in [4.78, 5) is 14.1. The first-order valence-corrected chi connectivity index (χ1v) is 8.28. The molecule has 0 radical (unpaired) electrons. The topological polar surface area (TPSA) is 58.4 Å². The lowest BCUT2D eigenvalue weighted by atomic mass is 9.99. The summed E-state index contributed by atoms with van der Waals surface area (Å²) in [7, 11) is 0. The van der Waals surface area contributed by atoms with Crippen LogP contribution in [-0.2, 0) is 6.42 Å². The third kappa shape index (κ3) is 3.93. The van der Waals surface area contributed by atoms with Crippen LogP contribution in [0.25, 0.3) is 0 Å². The molecular formula is C18H22FN3O2. The summed E-state index contributed by atoms with van der Waals surface area (Å²) in [5, 5.41) is 6.66. The predicted molar refractivity (Wildman–Crippen MR) is 89.4 cm³/mol. The second-order valence-corrected chi connectivity index (χ2v) is 6.63. The number of nitrogens with zero attached hydrogens (tertiary/aromatic N) is 2. The van der Waals surface area contributed by atoms with Crippen molar-refractivity contribution in [2.45, 2.75) is 32.6 Å². The van der Waals surface area contributed by atoms with Gasteiger partial charge in [-0.1, -0.05) is 31.1 Å². The summed E-state index contributed by atoms with van der Waals surface area (Å²) in [5.41, 5.74) is 1.10. The van der Waals surface area contributed by atoms with Crippen LogP contribution in [0, 0.1) is 11.7 Å². The number of nitrogens with one attached hydrogen (secondary N) is 1. The lowest BCUT2D eigenvalue weighted by Gasteiger charge is -2.16. The first-order chi connectivity index (χ1) is 11.5. The van der Waals surface area contributed by atoms with E-state index in [4.69, 9.17) is 4.52 Å². The van der Waals surface area contributed by atoms with Crippen LogP contribution in [0.5, 0.6) is 0 Å². The van der Waals surface area contributed by atoms with Crippen molar-refractivity contribution < 1.29 is 13.7 Å². The number of aromatic nitrogens is 1. The summed E-state index contributed by atoms with van der Waals surface area (Å²) in [5.74, 6) is 1.60. The van der Waals surface area contributed by atoms with E-state index >= 15 is 0 Å². The molecule has 1 saturated heterocycles. The van der Waals surface area contributed by atoms with Gasteiger partial charge in [-0.25, -0.2) is 9.18 Å². The molecule has 5 nitrogen and oxygen atoms in total. The highest BCUT2D eigenvalue weighted by atomic mass is 19.1. The predicted octanol–water partition coefficient (Wildman–Crippen LogP) is 4.03. The molecule has 128 valence electrons. The molecule has 1 aromatic carbocycles. The zero-order valence-corrected chi connectivity index (χ0v) is 14.0. The Balaban J connectivity index is 1.52. The second kappa shape index (κ2) is 7.03. The van der Waals surface area contributed by atoms with Gasteiger partial charge in [-0.15, -0.1) is 0 Å². The number of benzene rings is 1. The van der Waals surface area contributed by atoms with Crippen LogP contribution < -0.4 is 5.32 Å². The summed E-state index contributed by atoms with van der Waals surface area (Å²) in [6.45, 7) is 5.42. The molecule has 1 fully saturated rings. The number of halogens is 1. The minimum atomic E-state index is -0.223. The maximum Gasteiger partial charge on any atom is 0.323 e. The highest BCUT2D eigenvalue weighted by Gasteiger charge is 2.27.